The minimum atomic E-state index is -0.998. The van der Waals surface area contributed by atoms with E-state index in [0.29, 0.717) is 17.4 Å². The van der Waals surface area contributed by atoms with Crippen LogP contribution in [0.5, 0.6) is 0 Å². The second kappa shape index (κ2) is 13.3. The lowest BCUT2D eigenvalue weighted by molar-refractivity contribution is 0.0696. The molecule has 1 aromatic carbocycles. The highest BCUT2D eigenvalue weighted by Crippen LogP contribution is 2.36. The normalized spacial score (nSPS) is 13.0. The maximum Gasteiger partial charge on any atom is 0.337 e. The molecule has 0 radical (unpaired) electrons. The molecule has 1 N–H and O–H groups in total. The summed E-state index contributed by atoms with van der Waals surface area (Å²) < 4.78 is 0. The second-order valence-electron chi connectivity index (χ2n) is 8.84. The molecule has 0 aliphatic carbocycles. The first kappa shape index (κ1) is 26.0. The Morgan fingerprint density at radius 1 is 1.03 bits per heavy atom. The zero-order valence-electron chi connectivity index (χ0n) is 20.1. The van der Waals surface area contributed by atoms with Crippen molar-refractivity contribution >= 4 is 11.7 Å². The molecule has 0 aliphatic heterocycles. The van der Waals surface area contributed by atoms with Gasteiger partial charge >= 0.3 is 5.97 Å². The van der Waals surface area contributed by atoms with Crippen molar-refractivity contribution in [2.75, 3.05) is 19.0 Å². The number of nitrogens with zero attached hydrogens (tertiary/aromatic N) is 2. The molecule has 0 aliphatic rings. The SMILES string of the molecule is CCCCC(CC)Cc1cc(C(=O)O)c(C#N)c(CC(CC)CCCC)c1N(C)C. The van der Waals surface area contributed by atoms with Gasteiger partial charge in [0.25, 0.3) is 0 Å². The predicted molar refractivity (Wildman–Crippen MR) is 126 cm³/mol. The minimum Gasteiger partial charge on any atom is -0.478 e. The molecular weight excluding hydrogens is 372 g/mol. The van der Waals surface area contributed by atoms with Crippen LogP contribution in [-0.4, -0.2) is 25.2 Å². The average molecular weight is 415 g/mol. The van der Waals surface area contributed by atoms with Crippen LogP contribution >= 0.6 is 0 Å². The summed E-state index contributed by atoms with van der Waals surface area (Å²) in [5.41, 5.74) is 3.61. The average Bonchev–Trinajstić information content (AvgIpc) is 2.72. The third-order valence-electron chi connectivity index (χ3n) is 6.36. The van der Waals surface area contributed by atoms with E-state index in [1.54, 1.807) is 6.07 Å². The molecule has 0 amide bonds. The molecule has 0 spiro atoms. The molecule has 0 fully saturated rings. The fourth-order valence-electron chi connectivity index (χ4n) is 4.48. The van der Waals surface area contributed by atoms with E-state index in [-0.39, 0.29) is 5.56 Å². The largest absolute Gasteiger partial charge is 0.478 e. The Morgan fingerprint density at radius 2 is 1.57 bits per heavy atom. The van der Waals surface area contributed by atoms with Crippen LogP contribution in [0.15, 0.2) is 6.07 Å². The van der Waals surface area contributed by atoms with E-state index in [0.717, 1.165) is 68.2 Å². The van der Waals surface area contributed by atoms with Crippen LogP contribution in [0.25, 0.3) is 0 Å². The summed E-state index contributed by atoms with van der Waals surface area (Å²) >= 11 is 0. The number of unbranched alkanes of at least 4 members (excludes halogenated alkanes) is 2. The highest BCUT2D eigenvalue weighted by Gasteiger charge is 2.25. The fraction of sp³-hybridized carbons (Fsp3) is 0.692. The van der Waals surface area contributed by atoms with Gasteiger partial charge in [0.2, 0.25) is 0 Å². The second-order valence-corrected chi connectivity index (χ2v) is 8.84. The van der Waals surface area contributed by atoms with Crippen LogP contribution in [0.4, 0.5) is 5.69 Å². The Balaban J connectivity index is 3.59. The molecule has 0 saturated carbocycles. The Hall–Kier alpha value is -2.02. The maximum atomic E-state index is 12.1. The number of carbonyl (C=O) groups is 1. The van der Waals surface area contributed by atoms with Crippen molar-refractivity contribution in [3.05, 3.63) is 28.3 Å². The molecule has 0 heterocycles. The standard InChI is InChI=1S/C26H42N2O2/c1-7-11-13-19(9-3)15-21-17-23(26(29)30)24(18-27)22(25(21)28(5)6)16-20(10-4)14-12-8-2/h17,19-20H,7-16H2,1-6H3,(H,29,30). The number of anilines is 1. The highest BCUT2D eigenvalue weighted by molar-refractivity contribution is 5.93. The smallest absolute Gasteiger partial charge is 0.337 e. The van der Waals surface area contributed by atoms with Gasteiger partial charge in [-0.2, -0.15) is 5.26 Å². The lowest BCUT2D eigenvalue weighted by Gasteiger charge is -2.28. The highest BCUT2D eigenvalue weighted by atomic mass is 16.4. The molecule has 0 aromatic heterocycles. The van der Waals surface area contributed by atoms with Gasteiger partial charge in [-0.1, -0.05) is 79.1 Å². The zero-order valence-corrected chi connectivity index (χ0v) is 20.1. The van der Waals surface area contributed by atoms with E-state index in [9.17, 15) is 15.2 Å². The lowest BCUT2D eigenvalue weighted by atomic mass is 9.83. The van der Waals surface area contributed by atoms with Crippen molar-refractivity contribution in [1.29, 1.82) is 5.26 Å². The van der Waals surface area contributed by atoms with Crippen molar-refractivity contribution in [2.24, 2.45) is 11.8 Å². The number of aromatic carboxylic acids is 1. The number of carboxylic acids is 1. The van der Waals surface area contributed by atoms with Gasteiger partial charge in [0.15, 0.2) is 0 Å². The molecule has 168 valence electrons. The predicted octanol–water partition coefficient (Wildman–Crippen LogP) is 6.84. The Labute approximate surface area is 184 Å². The summed E-state index contributed by atoms with van der Waals surface area (Å²) in [6.45, 7) is 8.82. The fourth-order valence-corrected chi connectivity index (χ4v) is 4.48. The van der Waals surface area contributed by atoms with E-state index in [1.165, 1.54) is 12.8 Å². The van der Waals surface area contributed by atoms with Crippen LogP contribution in [0, 0.1) is 23.2 Å². The van der Waals surface area contributed by atoms with Crippen LogP contribution < -0.4 is 4.90 Å². The van der Waals surface area contributed by atoms with E-state index < -0.39 is 5.97 Å². The number of benzene rings is 1. The first-order valence-corrected chi connectivity index (χ1v) is 11.8. The van der Waals surface area contributed by atoms with E-state index >= 15 is 0 Å². The summed E-state index contributed by atoms with van der Waals surface area (Å²) in [4.78, 5) is 14.1. The molecule has 30 heavy (non-hydrogen) atoms. The van der Waals surface area contributed by atoms with E-state index in [2.05, 4.69) is 38.7 Å². The van der Waals surface area contributed by atoms with Crippen LogP contribution in [0.3, 0.4) is 0 Å². The number of hydrogen-bond donors (Lipinski definition) is 1. The molecule has 4 nitrogen and oxygen atoms in total. The molecule has 0 saturated heterocycles. The number of hydrogen-bond acceptors (Lipinski definition) is 3. The number of nitriles is 1. The summed E-state index contributed by atoms with van der Waals surface area (Å²) in [7, 11) is 4.04. The number of carboxylic acid groups (broad SMARTS) is 1. The van der Waals surface area contributed by atoms with E-state index in [1.807, 2.05) is 14.1 Å². The Kier molecular flexibility index (Phi) is 11.5. The quantitative estimate of drug-likeness (QED) is 0.362. The lowest BCUT2D eigenvalue weighted by Crippen LogP contribution is -2.20. The van der Waals surface area contributed by atoms with Crippen LogP contribution in [-0.2, 0) is 12.8 Å². The zero-order chi connectivity index (χ0) is 22.7. The van der Waals surface area contributed by atoms with Crippen molar-refractivity contribution < 1.29 is 9.90 Å². The van der Waals surface area contributed by atoms with Crippen molar-refractivity contribution in [3.8, 4) is 6.07 Å². The molecule has 2 atom stereocenters. The first-order valence-electron chi connectivity index (χ1n) is 11.8. The molecule has 1 rings (SSSR count). The third kappa shape index (κ3) is 7.04. The van der Waals surface area contributed by atoms with Crippen LogP contribution in [0.1, 0.15) is 106 Å². The number of rotatable bonds is 14. The van der Waals surface area contributed by atoms with Gasteiger partial charge in [-0.15, -0.1) is 0 Å². The van der Waals surface area contributed by atoms with E-state index in [4.69, 9.17) is 0 Å². The van der Waals surface area contributed by atoms with Crippen molar-refractivity contribution in [2.45, 2.75) is 91.9 Å². The van der Waals surface area contributed by atoms with Gasteiger partial charge in [0.05, 0.1) is 11.1 Å². The van der Waals surface area contributed by atoms with Gasteiger partial charge in [0, 0.05) is 19.8 Å². The first-order chi connectivity index (χ1) is 14.3. The van der Waals surface area contributed by atoms with Crippen molar-refractivity contribution in [1.82, 2.24) is 0 Å². The Morgan fingerprint density at radius 3 is 1.97 bits per heavy atom. The molecule has 2 unspecified atom stereocenters. The third-order valence-corrected chi connectivity index (χ3v) is 6.36. The van der Waals surface area contributed by atoms with Crippen molar-refractivity contribution in [3.63, 3.8) is 0 Å². The molecular formula is C26H42N2O2. The van der Waals surface area contributed by atoms with Crippen LogP contribution in [0.2, 0.25) is 0 Å². The molecule has 0 bridgehead atoms. The van der Waals surface area contributed by atoms with Gasteiger partial charge in [-0.3, -0.25) is 0 Å². The van der Waals surface area contributed by atoms with Gasteiger partial charge < -0.3 is 10.0 Å². The van der Waals surface area contributed by atoms with Gasteiger partial charge in [-0.25, -0.2) is 4.79 Å². The monoisotopic (exact) mass is 414 g/mol. The summed E-state index contributed by atoms with van der Waals surface area (Å²) in [6.07, 6.45) is 10.7. The Bertz CT molecular complexity index is 719. The summed E-state index contributed by atoms with van der Waals surface area (Å²) in [6, 6.07) is 4.03. The molecule has 1 aromatic rings. The van der Waals surface area contributed by atoms with Gasteiger partial charge in [-0.05, 0) is 41.9 Å². The summed E-state index contributed by atoms with van der Waals surface area (Å²) in [5, 5.41) is 19.8. The minimum absolute atomic E-state index is 0.170. The topological polar surface area (TPSA) is 64.3 Å². The molecule has 4 heteroatoms. The maximum absolute atomic E-state index is 12.1. The summed E-state index contributed by atoms with van der Waals surface area (Å²) in [5.74, 6) is 0.00502. The van der Waals surface area contributed by atoms with Gasteiger partial charge in [0.1, 0.15) is 6.07 Å².